The van der Waals surface area contributed by atoms with Crippen molar-refractivity contribution in [3.8, 4) is 5.75 Å². The quantitative estimate of drug-likeness (QED) is 0.410. The molecule has 0 fully saturated rings. The minimum absolute atomic E-state index is 0.00105. The molecule has 3 aromatic carbocycles. The minimum Gasteiger partial charge on any atom is -0.495 e. The van der Waals surface area contributed by atoms with Crippen molar-refractivity contribution in [1.29, 1.82) is 0 Å². The number of nitrogens with one attached hydrogen (secondary N) is 2. The average molecular weight is 481 g/mol. The van der Waals surface area contributed by atoms with Gasteiger partial charge in [-0.05, 0) is 67.1 Å². The van der Waals surface area contributed by atoms with Crippen LogP contribution in [0.2, 0.25) is 0 Å². The van der Waals surface area contributed by atoms with Gasteiger partial charge < -0.3 is 10.1 Å². The van der Waals surface area contributed by atoms with Gasteiger partial charge in [-0.3, -0.25) is 4.79 Å². The summed E-state index contributed by atoms with van der Waals surface area (Å²) in [6.07, 6.45) is 3.41. The highest BCUT2D eigenvalue weighted by Crippen LogP contribution is 2.25. The van der Waals surface area contributed by atoms with E-state index in [4.69, 9.17) is 4.74 Å². The van der Waals surface area contributed by atoms with E-state index in [2.05, 4.69) is 17.0 Å². The third kappa shape index (κ3) is 6.92. The third-order valence-electron chi connectivity index (χ3n) is 5.55. The maximum atomic E-state index is 13.3. The predicted molar refractivity (Wildman–Crippen MR) is 136 cm³/mol. The first-order valence-corrected chi connectivity index (χ1v) is 12.9. The summed E-state index contributed by atoms with van der Waals surface area (Å²) in [4.78, 5) is 13.2. The van der Waals surface area contributed by atoms with Gasteiger partial charge >= 0.3 is 0 Å². The lowest BCUT2D eigenvalue weighted by atomic mass is 10.1. The third-order valence-corrected chi connectivity index (χ3v) is 7.04. The fraction of sp³-hybridized carbons (Fsp3) is 0.296. The molecule has 3 aromatic rings. The molecule has 0 saturated carbocycles. The van der Waals surface area contributed by atoms with Gasteiger partial charge in [0.1, 0.15) is 16.7 Å². The van der Waals surface area contributed by atoms with Crippen molar-refractivity contribution >= 4 is 21.6 Å². The standard InChI is InChI=1S/C27H32N2O4S/c1-4-5-9-21-13-15-23(16-14-21)28-27(30)24(19-22-10-7-6-8-11-22)29-34(31,32)26-18-20(2)12-17-25(26)33-3/h6-8,10-18,24,29H,4-5,9,19H2,1-3H3,(H,28,30)/t24-/m1/s1. The van der Waals surface area contributed by atoms with Crippen LogP contribution in [-0.2, 0) is 27.7 Å². The number of rotatable bonds is 11. The Hall–Kier alpha value is -3.16. The lowest BCUT2D eigenvalue weighted by Gasteiger charge is -2.20. The number of benzene rings is 3. The number of sulfonamides is 1. The van der Waals surface area contributed by atoms with Crippen LogP contribution in [0.25, 0.3) is 0 Å². The molecule has 0 heterocycles. The van der Waals surface area contributed by atoms with E-state index in [1.807, 2.05) is 54.6 Å². The number of ether oxygens (including phenoxy) is 1. The molecule has 3 rings (SSSR count). The molecule has 0 saturated heterocycles. The normalized spacial score (nSPS) is 12.2. The molecule has 2 N–H and O–H groups in total. The molecule has 1 atom stereocenters. The van der Waals surface area contributed by atoms with E-state index >= 15 is 0 Å². The number of hydrogen-bond acceptors (Lipinski definition) is 4. The van der Waals surface area contributed by atoms with E-state index in [0.717, 1.165) is 30.4 Å². The second-order valence-corrected chi connectivity index (χ2v) is 9.99. The molecule has 34 heavy (non-hydrogen) atoms. The first kappa shape index (κ1) is 25.5. The Bertz CT molecular complexity index is 1190. The molecule has 7 heteroatoms. The number of amides is 1. The number of carbonyl (C=O) groups excluding carboxylic acids is 1. The smallest absolute Gasteiger partial charge is 0.245 e. The molecular formula is C27H32N2O4S. The largest absolute Gasteiger partial charge is 0.495 e. The molecule has 6 nitrogen and oxygen atoms in total. The molecule has 0 bridgehead atoms. The summed E-state index contributed by atoms with van der Waals surface area (Å²) in [6.45, 7) is 3.95. The van der Waals surface area contributed by atoms with Crippen LogP contribution in [0.1, 0.15) is 36.5 Å². The second-order valence-electron chi connectivity index (χ2n) is 8.31. The van der Waals surface area contributed by atoms with Crippen molar-refractivity contribution in [2.45, 2.75) is 50.5 Å². The van der Waals surface area contributed by atoms with Crippen molar-refractivity contribution in [2.24, 2.45) is 0 Å². The van der Waals surface area contributed by atoms with E-state index in [9.17, 15) is 13.2 Å². The highest BCUT2D eigenvalue weighted by Gasteiger charge is 2.28. The maximum absolute atomic E-state index is 13.3. The number of unbranched alkanes of at least 4 members (excludes halogenated alkanes) is 1. The number of aryl methyl sites for hydroxylation is 2. The van der Waals surface area contributed by atoms with Gasteiger partial charge in [0.25, 0.3) is 0 Å². The van der Waals surface area contributed by atoms with Gasteiger partial charge in [-0.25, -0.2) is 8.42 Å². The predicted octanol–water partition coefficient (Wildman–Crippen LogP) is 4.87. The molecule has 0 radical (unpaired) electrons. The Kier molecular flexibility index (Phi) is 8.85. The SMILES string of the molecule is CCCCc1ccc(NC(=O)[C@@H](Cc2ccccc2)NS(=O)(=O)c2cc(C)ccc2OC)cc1. The molecule has 0 unspecified atom stereocenters. The summed E-state index contributed by atoms with van der Waals surface area (Å²) in [5.41, 5.74) is 3.44. The number of carbonyl (C=O) groups is 1. The van der Waals surface area contributed by atoms with E-state index in [1.165, 1.54) is 18.7 Å². The van der Waals surface area contributed by atoms with Crippen LogP contribution in [0, 0.1) is 6.92 Å². The van der Waals surface area contributed by atoms with Crippen LogP contribution >= 0.6 is 0 Å². The van der Waals surface area contributed by atoms with Crippen molar-refractivity contribution in [2.75, 3.05) is 12.4 Å². The van der Waals surface area contributed by atoms with Crippen LogP contribution in [0.5, 0.6) is 5.75 Å². The van der Waals surface area contributed by atoms with Crippen molar-refractivity contribution in [1.82, 2.24) is 4.72 Å². The van der Waals surface area contributed by atoms with Gasteiger partial charge in [-0.2, -0.15) is 4.72 Å². The monoisotopic (exact) mass is 480 g/mol. The highest BCUT2D eigenvalue weighted by molar-refractivity contribution is 7.89. The van der Waals surface area contributed by atoms with Gasteiger partial charge in [0.05, 0.1) is 7.11 Å². The van der Waals surface area contributed by atoms with E-state index < -0.39 is 22.0 Å². The molecule has 180 valence electrons. The molecule has 0 aromatic heterocycles. The van der Waals surface area contributed by atoms with Crippen molar-refractivity contribution < 1.29 is 17.9 Å². The molecule has 0 aliphatic rings. The Morgan fingerprint density at radius 1 is 0.971 bits per heavy atom. The Morgan fingerprint density at radius 3 is 2.32 bits per heavy atom. The Balaban J connectivity index is 1.85. The summed E-state index contributed by atoms with van der Waals surface area (Å²) < 4.78 is 34.5. The summed E-state index contributed by atoms with van der Waals surface area (Å²) in [5.74, 6) is -0.208. The minimum atomic E-state index is -4.03. The Morgan fingerprint density at radius 2 is 1.68 bits per heavy atom. The van der Waals surface area contributed by atoms with Crippen LogP contribution < -0.4 is 14.8 Å². The highest BCUT2D eigenvalue weighted by atomic mass is 32.2. The van der Waals surface area contributed by atoms with E-state index in [0.29, 0.717) is 5.69 Å². The van der Waals surface area contributed by atoms with Crippen LogP contribution in [-0.4, -0.2) is 27.5 Å². The zero-order valence-corrected chi connectivity index (χ0v) is 20.7. The molecular weight excluding hydrogens is 448 g/mol. The molecule has 0 aliphatic carbocycles. The Labute approximate surface area is 202 Å². The summed E-state index contributed by atoms with van der Waals surface area (Å²) in [7, 11) is -2.62. The summed E-state index contributed by atoms with van der Waals surface area (Å²) >= 11 is 0. The first-order valence-electron chi connectivity index (χ1n) is 11.4. The van der Waals surface area contributed by atoms with Crippen LogP contribution in [0.3, 0.4) is 0 Å². The maximum Gasteiger partial charge on any atom is 0.245 e. The van der Waals surface area contributed by atoms with Gasteiger partial charge in [-0.1, -0.05) is 61.9 Å². The van der Waals surface area contributed by atoms with E-state index in [-0.39, 0.29) is 17.1 Å². The van der Waals surface area contributed by atoms with E-state index in [1.54, 1.807) is 19.1 Å². The van der Waals surface area contributed by atoms with Gasteiger partial charge in [0, 0.05) is 5.69 Å². The van der Waals surface area contributed by atoms with Gasteiger partial charge in [0.15, 0.2) is 0 Å². The topological polar surface area (TPSA) is 84.5 Å². The van der Waals surface area contributed by atoms with Crippen molar-refractivity contribution in [3.63, 3.8) is 0 Å². The van der Waals surface area contributed by atoms with Gasteiger partial charge in [0.2, 0.25) is 15.9 Å². The number of anilines is 1. The fourth-order valence-electron chi connectivity index (χ4n) is 3.65. The average Bonchev–Trinajstić information content (AvgIpc) is 2.83. The summed E-state index contributed by atoms with van der Waals surface area (Å²) in [5, 5.41) is 2.86. The summed E-state index contributed by atoms with van der Waals surface area (Å²) in [6, 6.07) is 20.9. The molecule has 1 amide bonds. The van der Waals surface area contributed by atoms with Crippen LogP contribution in [0.4, 0.5) is 5.69 Å². The number of hydrogen-bond donors (Lipinski definition) is 2. The van der Waals surface area contributed by atoms with Crippen molar-refractivity contribution in [3.05, 3.63) is 89.5 Å². The second kappa shape index (κ2) is 11.8. The lowest BCUT2D eigenvalue weighted by Crippen LogP contribution is -2.45. The molecule has 0 aliphatic heterocycles. The first-order chi connectivity index (χ1) is 16.3. The fourth-order valence-corrected chi connectivity index (χ4v) is 5.10. The lowest BCUT2D eigenvalue weighted by molar-refractivity contribution is -0.117. The van der Waals surface area contributed by atoms with Gasteiger partial charge in [-0.15, -0.1) is 0 Å². The van der Waals surface area contributed by atoms with Crippen LogP contribution in [0.15, 0.2) is 77.7 Å². The zero-order valence-electron chi connectivity index (χ0n) is 19.9. The number of methoxy groups -OCH3 is 1. The zero-order chi connectivity index (χ0) is 24.6. The molecule has 0 spiro atoms.